The summed E-state index contributed by atoms with van der Waals surface area (Å²) in [5.41, 5.74) is 1.40. The van der Waals surface area contributed by atoms with Crippen molar-refractivity contribution in [2.24, 2.45) is 21.4 Å². The Balaban J connectivity index is 1.43. The van der Waals surface area contributed by atoms with Gasteiger partial charge in [-0.2, -0.15) is 0 Å². The van der Waals surface area contributed by atoms with Crippen molar-refractivity contribution in [3.05, 3.63) is 75.6 Å². The molecule has 0 radical (unpaired) electrons. The van der Waals surface area contributed by atoms with Gasteiger partial charge < -0.3 is 14.6 Å². The van der Waals surface area contributed by atoms with E-state index in [1.165, 1.54) is 6.07 Å². The van der Waals surface area contributed by atoms with Crippen LogP contribution >= 0.6 is 0 Å². The predicted octanol–water partition coefficient (Wildman–Crippen LogP) is 5.78. The number of oxime groups is 1. The van der Waals surface area contributed by atoms with Gasteiger partial charge in [0.1, 0.15) is 11.1 Å². The molecule has 2 atom stereocenters. The van der Waals surface area contributed by atoms with Crippen LogP contribution in [-0.2, 0) is 9.63 Å². The fourth-order valence-corrected chi connectivity index (χ4v) is 5.98. The number of carbonyl (C=O) groups excluding carboxylic acids is 2. The number of nitrogens with one attached hydrogen (secondary N) is 1. The second-order valence-electron chi connectivity index (χ2n) is 10.9. The number of anilines is 1. The second kappa shape index (κ2) is 8.15. The van der Waals surface area contributed by atoms with Crippen molar-refractivity contribution in [1.29, 1.82) is 0 Å². The number of para-hydroxylation sites is 1. The normalized spacial score (nSPS) is 25.3. The Morgan fingerprint density at radius 2 is 1.78 bits per heavy atom. The Morgan fingerprint density at radius 1 is 1.03 bits per heavy atom. The topological polar surface area (TPSA) is 98.0 Å². The number of rotatable bonds is 4. The van der Waals surface area contributed by atoms with E-state index in [0.717, 1.165) is 23.2 Å². The lowest BCUT2D eigenvalue weighted by molar-refractivity contribution is -0.130. The van der Waals surface area contributed by atoms with Gasteiger partial charge in [-0.05, 0) is 61.4 Å². The van der Waals surface area contributed by atoms with E-state index in [0.29, 0.717) is 29.5 Å². The molecule has 2 unspecified atom stereocenters. The van der Waals surface area contributed by atoms with Crippen molar-refractivity contribution in [2.45, 2.75) is 53.9 Å². The number of amides is 1. The first-order valence-electron chi connectivity index (χ1n) is 12.2. The molecular weight excluding hydrogens is 456 g/mol. The van der Waals surface area contributed by atoms with Crippen molar-refractivity contribution >= 4 is 34.2 Å². The second-order valence-corrected chi connectivity index (χ2v) is 10.9. The first-order chi connectivity index (χ1) is 17.0. The number of hydrogen-bond donors (Lipinski definition) is 1. The molecule has 1 N–H and O–H groups in total. The van der Waals surface area contributed by atoms with Gasteiger partial charge in [0, 0.05) is 22.9 Å². The van der Waals surface area contributed by atoms with Gasteiger partial charge in [0.05, 0.1) is 11.1 Å². The molecule has 7 nitrogen and oxygen atoms in total. The molecule has 0 spiro atoms. The van der Waals surface area contributed by atoms with Crippen LogP contribution in [0.25, 0.3) is 11.0 Å². The van der Waals surface area contributed by atoms with Gasteiger partial charge >= 0.3 is 11.6 Å². The van der Waals surface area contributed by atoms with E-state index in [9.17, 15) is 14.4 Å². The van der Waals surface area contributed by atoms with Crippen molar-refractivity contribution in [3.63, 3.8) is 0 Å². The van der Waals surface area contributed by atoms with E-state index in [-0.39, 0.29) is 11.5 Å². The monoisotopic (exact) mass is 486 g/mol. The highest BCUT2D eigenvalue weighted by Crippen LogP contribution is 2.71. The summed E-state index contributed by atoms with van der Waals surface area (Å²) < 4.78 is 5.25. The summed E-state index contributed by atoms with van der Waals surface area (Å²) in [7, 11) is 0. The third-order valence-corrected chi connectivity index (χ3v) is 8.91. The summed E-state index contributed by atoms with van der Waals surface area (Å²) in [6, 6.07) is 14.4. The van der Waals surface area contributed by atoms with Crippen LogP contribution in [0.2, 0.25) is 0 Å². The Labute approximate surface area is 209 Å². The van der Waals surface area contributed by atoms with Crippen LogP contribution in [0.15, 0.2) is 62.9 Å². The molecule has 186 valence electrons. The van der Waals surface area contributed by atoms with Gasteiger partial charge in [-0.3, -0.25) is 4.79 Å². The molecule has 36 heavy (non-hydrogen) atoms. The summed E-state index contributed by atoms with van der Waals surface area (Å²) >= 11 is 0. The summed E-state index contributed by atoms with van der Waals surface area (Å²) in [6.45, 7) is 10.2. The molecule has 2 fully saturated rings. The predicted molar refractivity (Wildman–Crippen MR) is 138 cm³/mol. The Hall–Kier alpha value is -3.74. The maximum atomic E-state index is 13.8. The first-order valence-corrected chi connectivity index (χ1v) is 12.2. The third-order valence-electron chi connectivity index (χ3n) is 8.91. The molecule has 1 aromatic heterocycles. The van der Waals surface area contributed by atoms with E-state index >= 15 is 0 Å². The van der Waals surface area contributed by atoms with Crippen LogP contribution < -0.4 is 10.9 Å². The van der Waals surface area contributed by atoms with Crippen molar-refractivity contribution in [1.82, 2.24) is 0 Å². The minimum atomic E-state index is -0.875. The smallest absolute Gasteiger partial charge is 0.373 e. The zero-order valence-corrected chi connectivity index (χ0v) is 21.2. The standard InChI is InChI=1S/C29H30N2O5/c1-17-10-11-18(2)21(14-17)30-26(34)29-13-12-28(5,27(29,3)4)23(16-29)31-36-25(33)20-15-19-8-6-7-9-22(19)35-24(20)32/h6-11,14-15H,12-13,16H2,1-5H3,(H,30,34). The summed E-state index contributed by atoms with van der Waals surface area (Å²) in [4.78, 5) is 44.2. The minimum absolute atomic E-state index is 0.0448. The van der Waals surface area contributed by atoms with Crippen LogP contribution in [0.1, 0.15) is 61.5 Å². The molecule has 2 bridgehead atoms. The molecule has 5 rings (SSSR count). The molecule has 1 heterocycles. The lowest BCUT2D eigenvalue weighted by Crippen LogP contribution is -2.43. The SMILES string of the molecule is Cc1ccc(C)c(NC(=O)C23CCC(C)(C(=NOC(=O)c4cc5ccccc5oc4=O)C2)C3(C)C)c1. The van der Waals surface area contributed by atoms with E-state index in [1.807, 2.05) is 32.0 Å². The number of nitrogens with zero attached hydrogens (tertiary/aromatic N) is 1. The number of fused-ring (bicyclic) bond motifs is 3. The quantitative estimate of drug-likeness (QED) is 0.286. The van der Waals surface area contributed by atoms with E-state index in [2.05, 4.69) is 31.2 Å². The maximum Gasteiger partial charge on any atom is 0.373 e. The van der Waals surface area contributed by atoms with Gasteiger partial charge in [0.25, 0.3) is 0 Å². The zero-order chi connectivity index (χ0) is 25.9. The Morgan fingerprint density at radius 3 is 2.56 bits per heavy atom. The lowest BCUT2D eigenvalue weighted by Gasteiger charge is -2.39. The summed E-state index contributed by atoms with van der Waals surface area (Å²) in [5.74, 6) is -0.920. The highest BCUT2D eigenvalue weighted by Gasteiger charge is 2.71. The van der Waals surface area contributed by atoms with Crippen LogP contribution in [0.5, 0.6) is 0 Å². The van der Waals surface area contributed by atoms with Gasteiger partial charge in [-0.25, -0.2) is 9.59 Å². The minimum Gasteiger partial charge on any atom is -0.422 e. The van der Waals surface area contributed by atoms with Crippen LogP contribution in [0.3, 0.4) is 0 Å². The van der Waals surface area contributed by atoms with Crippen LogP contribution in [0, 0.1) is 30.1 Å². The lowest BCUT2D eigenvalue weighted by atomic mass is 9.64. The fourth-order valence-electron chi connectivity index (χ4n) is 5.98. The number of hydrogen-bond acceptors (Lipinski definition) is 6. The summed E-state index contributed by atoms with van der Waals surface area (Å²) in [6.07, 6.45) is 1.84. The average Bonchev–Trinajstić information content (AvgIpc) is 3.15. The van der Waals surface area contributed by atoms with Crippen molar-refractivity contribution < 1.29 is 18.8 Å². The van der Waals surface area contributed by atoms with Gasteiger partial charge in [-0.15, -0.1) is 0 Å². The van der Waals surface area contributed by atoms with E-state index in [4.69, 9.17) is 9.25 Å². The van der Waals surface area contributed by atoms with Crippen molar-refractivity contribution in [3.8, 4) is 0 Å². The number of benzene rings is 2. The molecule has 2 aliphatic carbocycles. The van der Waals surface area contributed by atoms with Gasteiger partial charge in [0.15, 0.2) is 0 Å². The van der Waals surface area contributed by atoms with Gasteiger partial charge in [-0.1, -0.05) is 56.3 Å². The molecule has 2 saturated carbocycles. The highest BCUT2D eigenvalue weighted by atomic mass is 16.7. The zero-order valence-electron chi connectivity index (χ0n) is 21.2. The van der Waals surface area contributed by atoms with Crippen LogP contribution in [-0.4, -0.2) is 17.6 Å². The van der Waals surface area contributed by atoms with E-state index < -0.39 is 27.8 Å². The molecule has 7 heteroatoms. The first kappa shape index (κ1) is 24.0. The molecule has 0 aliphatic heterocycles. The molecule has 2 aromatic carbocycles. The molecule has 0 saturated heterocycles. The number of carbonyl (C=O) groups is 2. The Bertz CT molecular complexity index is 1500. The molecule has 2 aliphatic rings. The summed E-state index contributed by atoms with van der Waals surface area (Å²) in [5, 5.41) is 8.03. The van der Waals surface area contributed by atoms with Crippen molar-refractivity contribution in [2.75, 3.05) is 5.32 Å². The Kier molecular flexibility index (Phi) is 5.43. The largest absolute Gasteiger partial charge is 0.422 e. The average molecular weight is 487 g/mol. The third kappa shape index (κ3) is 3.40. The van der Waals surface area contributed by atoms with Gasteiger partial charge in [0.2, 0.25) is 5.91 Å². The highest BCUT2D eigenvalue weighted by molar-refractivity contribution is 6.07. The molecule has 1 amide bonds. The molecular formula is C29H30N2O5. The fraction of sp³-hybridized carbons (Fsp3) is 0.379. The maximum absolute atomic E-state index is 13.8. The molecule has 3 aromatic rings. The van der Waals surface area contributed by atoms with E-state index in [1.54, 1.807) is 24.3 Å². The van der Waals surface area contributed by atoms with Crippen LogP contribution in [0.4, 0.5) is 5.69 Å². The number of aryl methyl sites for hydroxylation is 2.